The van der Waals surface area contributed by atoms with Crippen molar-refractivity contribution in [3.8, 4) is 5.75 Å². The molecule has 0 spiro atoms. The monoisotopic (exact) mass is 353 g/mol. The zero-order chi connectivity index (χ0) is 18.8. The minimum absolute atomic E-state index is 0.180. The van der Waals surface area contributed by atoms with Gasteiger partial charge in [0, 0.05) is 0 Å². The van der Waals surface area contributed by atoms with Gasteiger partial charge in [-0.1, -0.05) is 26.0 Å². The van der Waals surface area contributed by atoms with Crippen molar-refractivity contribution >= 4 is 23.5 Å². The molecule has 0 N–H and O–H groups in total. The molecule has 1 aliphatic rings. The lowest BCUT2D eigenvalue weighted by atomic mass is 10.1. The molecule has 1 heterocycles. The molecule has 6 nitrogen and oxygen atoms in total. The molecule has 0 fully saturated rings. The number of anilines is 1. The van der Waals surface area contributed by atoms with Crippen molar-refractivity contribution in [2.75, 3.05) is 18.6 Å². The van der Waals surface area contributed by atoms with E-state index in [4.69, 9.17) is 9.47 Å². The summed E-state index contributed by atoms with van der Waals surface area (Å²) < 4.78 is 10.4. The highest BCUT2D eigenvalue weighted by Gasteiger charge is 2.38. The number of hydrogen-bond donors (Lipinski definition) is 0. The molecule has 134 valence electrons. The number of rotatable bonds is 5. The number of nitrogens with zero attached hydrogens (tertiary/aromatic N) is 1. The molecule has 1 aliphatic heterocycles. The quantitative estimate of drug-likeness (QED) is 0.609. The summed E-state index contributed by atoms with van der Waals surface area (Å²) in [7, 11) is 1.47. The van der Waals surface area contributed by atoms with Crippen molar-refractivity contribution in [3.05, 3.63) is 59.2 Å². The van der Waals surface area contributed by atoms with Gasteiger partial charge >= 0.3 is 5.97 Å². The predicted molar refractivity (Wildman–Crippen MR) is 95.7 cm³/mol. The normalized spacial score (nSPS) is 13.2. The lowest BCUT2D eigenvalue weighted by Crippen LogP contribution is -2.29. The smallest absolute Gasteiger partial charge is 0.338 e. The molecule has 6 heteroatoms. The van der Waals surface area contributed by atoms with Crippen LogP contribution >= 0.6 is 0 Å². The maximum atomic E-state index is 12.8. The predicted octanol–water partition coefficient (Wildman–Crippen LogP) is 3.31. The van der Waals surface area contributed by atoms with E-state index in [1.807, 2.05) is 13.8 Å². The zero-order valence-corrected chi connectivity index (χ0v) is 14.8. The second kappa shape index (κ2) is 7.00. The van der Waals surface area contributed by atoms with Crippen LogP contribution in [0.25, 0.3) is 0 Å². The summed E-state index contributed by atoms with van der Waals surface area (Å²) in [5.41, 5.74) is 1.04. The molecule has 26 heavy (non-hydrogen) atoms. The van der Waals surface area contributed by atoms with Gasteiger partial charge in [-0.05, 0) is 36.2 Å². The fourth-order valence-electron chi connectivity index (χ4n) is 2.73. The van der Waals surface area contributed by atoms with Gasteiger partial charge in [-0.2, -0.15) is 0 Å². The average molecular weight is 353 g/mol. The number of imide groups is 1. The van der Waals surface area contributed by atoms with Gasteiger partial charge in [-0.25, -0.2) is 9.69 Å². The Hall–Kier alpha value is -3.15. The molecule has 0 unspecified atom stereocenters. The summed E-state index contributed by atoms with van der Waals surface area (Å²) >= 11 is 0. The van der Waals surface area contributed by atoms with Crippen LogP contribution in [0.1, 0.15) is 44.9 Å². The summed E-state index contributed by atoms with van der Waals surface area (Å²) in [5.74, 6) is -0.835. The van der Waals surface area contributed by atoms with E-state index >= 15 is 0 Å². The zero-order valence-electron chi connectivity index (χ0n) is 14.8. The molecule has 2 aromatic carbocycles. The summed E-state index contributed by atoms with van der Waals surface area (Å²) in [6, 6.07) is 11.2. The first kappa shape index (κ1) is 17.7. The first-order valence-electron chi connectivity index (χ1n) is 8.27. The van der Waals surface area contributed by atoms with Gasteiger partial charge < -0.3 is 9.47 Å². The van der Waals surface area contributed by atoms with Gasteiger partial charge in [0.05, 0.1) is 36.1 Å². The van der Waals surface area contributed by atoms with Crippen molar-refractivity contribution in [3.63, 3.8) is 0 Å². The number of fused-ring (bicyclic) bond motifs is 1. The van der Waals surface area contributed by atoms with Crippen molar-refractivity contribution in [2.24, 2.45) is 5.92 Å². The van der Waals surface area contributed by atoms with Gasteiger partial charge in [-0.3, -0.25) is 9.59 Å². The molecule has 3 rings (SSSR count). The highest BCUT2D eigenvalue weighted by molar-refractivity contribution is 6.35. The Labute approximate surface area is 151 Å². The molecule has 0 saturated heterocycles. The SMILES string of the molecule is COc1ccccc1N1C(=O)c2ccc(C(=O)OCC(C)C)cc2C1=O. The van der Waals surface area contributed by atoms with E-state index in [1.54, 1.807) is 24.3 Å². The molecule has 0 aliphatic carbocycles. The van der Waals surface area contributed by atoms with Gasteiger partial charge in [0.1, 0.15) is 5.75 Å². The Bertz CT molecular complexity index is 888. The van der Waals surface area contributed by atoms with E-state index in [0.717, 1.165) is 4.90 Å². The number of para-hydroxylation sites is 2. The molecule has 0 atom stereocenters. The van der Waals surface area contributed by atoms with E-state index in [0.29, 0.717) is 11.4 Å². The third kappa shape index (κ3) is 3.06. The molecule has 0 aromatic heterocycles. The van der Waals surface area contributed by atoms with Crippen LogP contribution in [0.3, 0.4) is 0 Å². The van der Waals surface area contributed by atoms with Gasteiger partial charge in [-0.15, -0.1) is 0 Å². The lowest BCUT2D eigenvalue weighted by molar-refractivity contribution is 0.0458. The van der Waals surface area contributed by atoms with Crippen LogP contribution in [-0.4, -0.2) is 31.5 Å². The fraction of sp³-hybridized carbons (Fsp3) is 0.250. The lowest BCUT2D eigenvalue weighted by Gasteiger charge is -2.16. The second-order valence-electron chi connectivity index (χ2n) is 6.37. The number of carbonyl (C=O) groups excluding carboxylic acids is 3. The minimum Gasteiger partial charge on any atom is -0.495 e. The summed E-state index contributed by atoms with van der Waals surface area (Å²) in [5, 5.41) is 0. The van der Waals surface area contributed by atoms with Gasteiger partial charge in [0.15, 0.2) is 0 Å². The highest BCUT2D eigenvalue weighted by Crippen LogP contribution is 2.34. The van der Waals surface area contributed by atoms with Crippen LogP contribution in [-0.2, 0) is 4.74 Å². The molecular formula is C20H19NO5. The third-order valence-electron chi connectivity index (χ3n) is 4.00. The average Bonchev–Trinajstić information content (AvgIpc) is 2.89. The summed E-state index contributed by atoms with van der Waals surface area (Å²) in [6.07, 6.45) is 0. The molecule has 0 saturated carbocycles. The molecule has 0 bridgehead atoms. The third-order valence-corrected chi connectivity index (χ3v) is 4.00. The van der Waals surface area contributed by atoms with E-state index in [2.05, 4.69) is 0 Å². The number of amides is 2. The Morgan fingerprint density at radius 2 is 1.73 bits per heavy atom. The van der Waals surface area contributed by atoms with Crippen molar-refractivity contribution in [1.82, 2.24) is 0 Å². The Morgan fingerprint density at radius 1 is 1.04 bits per heavy atom. The fourth-order valence-corrected chi connectivity index (χ4v) is 2.73. The first-order valence-corrected chi connectivity index (χ1v) is 8.27. The van der Waals surface area contributed by atoms with Crippen LogP contribution in [0.4, 0.5) is 5.69 Å². The van der Waals surface area contributed by atoms with E-state index < -0.39 is 17.8 Å². The van der Waals surface area contributed by atoms with Gasteiger partial charge in [0.25, 0.3) is 11.8 Å². The van der Waals surface area contributed by atoms with Crippen LogP contribution < -0.4 is 9.64 Å². The van der Waals surface area contributed by atoms with Gasteiger partial charge in [0.2, 0.25) is 0 Å². The number of benzene rings is 2. The van der Waals surface area contributed by atoms with Crippen molar-refractivity contribution in [1.29, 1.82) is 0 Å². The maximum Gasteiger partial charge on any atom is 0.338 e. The van der Waals surface area contributed by atoms with E-state index in [1.165, 1.54) is 25.3 Å². The largest absolute Gasteiger partial charge is 0.495 e. The molecular weight excluding hydrogens is 334 g/mol. The highest BCUT2D eigenvalue weighted by atomic mass is 16.5. The molecule has 2 amide bonds. The van der Waals surface area contributed by atoms with Crippen molar-refractivity contribution < 1.29 is 23.9 Å². The standard InChI is InChI=1S/C20H19NO5/c1-12(2)11-26-20(24)13-8-9-14-15(10-13)19(23)21(18(14)22)16-6-4-5-7-17(16)25-3/h4-10,12H,11H2,1-3H3. The number of ether oxygens (including phenoxy) is 2. The van der Waals surface area contributed by atoms with Crippen LogP contribution in [0.15, 0.2) is 42.5 Å². The minimum atomic E-state index is -0.516. The molecule has 2 aromatic rings. The molecule has 0 radical (unpaired) electrons. The van der Waals surface area contributed by atoms with Crippen LogP contribution in [0.2, 0.25) is 0 Å². The van der Waals surface area contributed by atoms with Crippen molar-refractivity contribution in [2.45, 2.75) is 13.8 Å². The Morgan fingerprint density at radius 3 is 2.42 bits per heavy atom. The first-order chi connectivity index (χ1) is 12.4. The van der Waals surface area contributed by atoms with Crippen LogP contribution in [0, 0.1) is 5.92 Å². The second-order valence-corrected chi connectivity index (χ2v) is 6.37. The van der Waals surface area contributed by atoms with Crippen LogP contribution in [0.5, 0.6) is 5.75 Å². The van der Waals surface area contributed by atoms with E-state index in [9.17, 15) is 14.4 Å². The number of methoxy groups -OCH3 is 1. The number of carbonyl (C=O) groups is 3. The summed E-state index contributed by atoms with van der Waals surface area (Å²) in [4.78, 5) is 38.7. The maximum absolute atomic E-state index is 12.8. The van der Waals surface area contributed by atoms with E-state index in [-0.39, 0.29) is 29.2 Å². The number of hydrogen-bond acceptors (Lipinski definition) is 5. The topological polar surface area (TPSA) is 72.9 Å². The summed E-state index contributed by atoms with van der Waals surface area (Å²) in [6.45, 7) is 4.16. The Balaban J connectivity index is 1.94. The Kier molecular flexibility index (Phi) is 4.75. The number of esters is 1.